The third kappa shape index (κ3) is 6.98. The Morgan fingerprint density at radius 3 is 2.31 bits per heavy atom. The van der Waals surface area contributed by atoms with Gasteiger partial charge in [0.15, 0.2) is 0 Å². The largest absolute Gasteiger partial charge is 0.306 e. The molecule has 13 heavy (non-hydrogen) atoms. The van der Waals surface area contributed by atoms with Gasteiger partial charge in [0.1, 0.15) is 0 Å². The molecule has 0 saturated heterocycles. The number of rotatable bonds is 6. The molecule has 0 bridgehead atoms. The highest BCUT2D eigenvalue weighted by atomic mass is 32.2. The summed E-state index contributed by atoms with van der Waals surface area (Å²) in [4.78, 5) is 2.01. The van der Waals surface area contributed by atoms with E-state index in [2.05, 4.69) is 6.92 Å². The van der Waals surface area contributed by atoms with E-state index in [-0.39, 0.29) is 5.75 Å². The van der Waals surface area contributed by atoms with Crippen molar-refractivity contribution < 1.29 is 13.0 Å². The molecule has 0 aromatic rings. The summed E-state index contributed by atoms with van der Waals surface area (Å²) in [5, 5.41) is 0. The second-order valence-corrected chi connectivity index (χ2v) is 4.91. The van der Waals surface area contributed by atoms with Gasteiger partial charge in [-0.2, -0.15) is 8.42 Å². The van der Waals surface area contributed by atoms with Crippen LogP contribution in [0.4, 0.5) is 0 Å². The maximum Gasteiger partial charge on any atom is 0.264 e. The first kappa shape index (κ1) is 12.9. The minimum absolute atomic E-state index is 0.155. The normalized spacial score (nSPS) is 14.8. The predicted molar refractivity (Wildman–Crippen MR) is 53.1 cm³/mol. The van der Waals surface area contributed by atoms with Gasteiger partial charge in [-0.05, 0) is 33.4 Å². The summed E-state index contributed by atoms with van der Waals surface area (Å²) < 4.78 is 29.3. The lowest BCUT2D eigenvalue weighted by Crippen LogP contribution is -2.27. The van der Waals surface area contributed by atoms with Gasteiger partial charge in [0.25, 0.3) is 10.1 Å². The summed E-state index contributed by atoms with van der Waals surface area (Å²) in [6.07, 6.45) is 1.98. The fourth-order valence-electron chi connectivity index (χ4n) is 1.16. The Balaban J connectivity index is 3.74. The molecule has 0 aromatic carbocycles. The molecule has 0 aliphatic heterocycles. The van der Waals surface area contributed by atoms with Crippen LogP contribution in [0.1, 0.15) is 19.3 Å². The lowest BCUT2D eigenvalue weighted by Gasteiger charge is -2.22. The zero-order valence-corrected chi connectivity index (χ0v) is 9.05. The van der Waals surface area contributed by atoms with E-state index in [0.29, 0.717) is 12.5 Å². The van der Waals surface area contributed by atoms with Gasteiger partial charge in [-0.1, -0.05) is 6.92 Å². The molecule has 1 atom stereocenters. The highest BCUT2D eigenvalue weighted by Crippen LogP contribution is 2.07. The molecule has 1 N–H and O–H groups in total. The fourth-order valence-corrected chi connectivity index (χ4v) is 1.69. The number of hydrogen-bond donors (Lipinski definition) is 1. The van der Waals surface area contributed by atoms with Gasteiger partial charge in [-0.15, -0.1) is 0 Å². The molecule has 0 saturated carbocycles. The summed E-state index contributed by atoms with van der Waals surface area (Å²) in [5.74, 6) is -0.155. The van der Waals surface area contributed by atoms with Crippen LogP contribution in [0, 0.1) is 6.92 Å². The van der Waals surface area contributed by atoms with Gasteiger partial charge in [-0.3, -0.25) is 4.55 Å². The molecular weight excluding hydrogens is 190 g/mol. The van der Waals surface area contributed by atoms with Crippen molar-refractivity contribution >= 4 is 10.1 Å². The highest BCUT2D eigenvalue weighted by Gasteiger charge is 2.10. The molecule has 0 spiro atoms. The molecule has 1 radical (unpaired) electrons. The van der Waals surface area contributed by atoms with Crippen molar-refractivity contribution in [3.8, 4) is 0 Å². The number of hydrogen-bond acceptors (Lipinski definition) is 3. The van der Waals surface area contributed by atoms with E-state index in [9.17, 15) is 8.42 Å². The van der Waals surface area contributed by atoms with Crippen LogP contribution in [0.2, 0.25) is 0 Å². The molecule has 0 aliphatic carbocycles. The van der Waals surface area contributed by atoms with Crippen molar-refractivity contribution in [3.05, 3.63) is 6.92 Å². The van der Waals surface area contributed by atoms with Crippen LogP contribution < -0.4 is 0 Å². The van der Waals surface area contributed by atoms with Gasteiger partial charge in [-0.25, -0.2) is 0 Å². The SMILES string of the molecule is [CH2]CC(CCCS(=O)(=O)O)N(C)C. The quantitative estimate of drug-likeness (QED) is 0.656. The summed E-state index contributed by atoms with van der Waals surface area (Å²) in [6, 6.07) is 0.293. The molecule has 1 unspecified atom stereocenters. The summed E-state index contributed by atoms with van der Waals surface area (Å²) >= 11 is 0. The van der Waals surface area contributed by atoms with Crippen LogP contribution >= 0.6 is 0 Å². The van der Waals surface area contributed by atoms with Crippen LogP contribution in [0.25, 0.3) is 0 Å². The average Bonchev–Trinajstić information content (AvgIpc) is 1.95. The smallest absolute Gasteiger partial charge is 0.264 e. The summed E-state index contributed by atoms with van der Waals surface area (Å²) in [7, 11) is 0.0750. The molecule has 0 rings (SSSR count). The Hall–Kier alpha value is -0.130. The average molecular weight is 208 g/mol. The van der Waals surface area contributed by atoms with Crippen LogP contribution in [-0.2, 0) is 10.1 Å². The lowest BCUT2D eigenvalue weighted by molar-refractivity contribution is 0.277. The Morgan fingerprint density at radius 1 is 1.46 bits per heavy atom. The summed E-state index contributed by atoms with van der Waals surface area (Å²) in [5.41, 5.74) is 0. The molecule has 0 aromatic heterocycles. The minimum Gasteiger partial charge on any atom is -0.306 e. The maximum absolute atomic E-state index is 10.4. The van der Waals surface area contributed by atoms with Crippen molar-refractivity contribution in [1.29, 1.82) is 0 Å². The molecule has 79 valence electrons. The van der Waals surface area contributed by atoms with Crippen molar-refractivity contribution in [1.82, 2.24) is 4.90 Å². The predicted octanol–water partition coefficient (Wildman–Crippen LogP) is 0.809. The monoisotopic (exact) mass is 208 g/mol. The highest BCUT2D eigenvalue weighted by molar-refractivity contribution is 7.85. The fraction of sp³-hybridized carbons (Fsp3) is 0.875. The summed E-state index contributed by atoms with van der Waals surface area (Å²) in [6.45, 7) is 3.77. The van der Waals surface area contributed by atoms with Gasteiger partial charge in [0.2, 0.25) is 0 Å². The van der Waals surface area contributed by atoms with E-state index < -0.39 is 10.1 Å². The first-order valence-corrected chi connectivity index (χ1v) is 5.88. The Kier molecular flexibility index (Phi) is 5.51. The van der Waals surface area contributed by atoms with Crippen LogP contribution in [0.15, 0.2) is 0 Å². The topological polar surface area (TPSA) is 57.6 Å². The van der Waals surface area contributed by atoms with Crippen molar-refractivity contribution in [2.75, 3.05) is 19.8 Å². The molecule has 5 heteroatoms. The third-order valence-corrected chi connectivity index (χ3v) is 2.81. The maximum atomic E-state index is 10.4. The van der Waals surface area contributed by atoms with Crippen molar-refractivity contribution in [2.45, 2.75) is 25.3 Å². The van der Waals surface area contributed by atoms with Crippen LogP contribution in [-0.4, -0.2) is 43.8 Å². The minimum atomic E-state index is -3.79. The van der Waals surface area contributed by atoms with Gasteiger partial charge in [0.05, 0.1) is 5.75 Å². The first-order valence-electron chi connectivity index (χ1n) is 4.27. The molecular formula is C8H18NO3S. The van der Waals surface area contributed by atoms with E-state index in [1.54, 1.807) is 0 Å². The zero-order valence-electron chi connectivity index (χ0n) is 8.23. The molecule has 4 nitrogen and oxygen atoms in total. The van der Waals surface area contributed by atoms with Gasteiger partial charge in [0, 0.05) is 6.04 Å². The standard InChI is InChI=1S/C8H18NO3S/c1-4-8(9(2)3)6-5-7-13(10,11)12/h8H,1,4-7H2,2-3H3,(H,10,11,12). The lowest BCUT2D eigenvalue weighted by atomic mass is 10.1. The molecule has 0 fully saturated rings. The van der Waals surface area contributed by atoms with E-state index >= 15 is 0 Å². The van der Waals surface area contributed by atoms with E-state index in [1.165, 1.54) is 0 Å². The van der Waals surface area contributed by atoms with E-state index in [0.717, 1.165) is 12.8 Å². The van der Waals surface area contributed by atoms with E-state index in [4.69, 9.17) is 4.55 Å². The van der Waals surface area contributed by atoms with Gasteiger partial charge < -0.3 is 4.90 Å². The Bertz CT molecular complexity index is 224. The Morgan fingerprint density at radius 2 is 2.00 bits per heavy atom. The Labute approximate surface area is 80.7 Å². The molecule has 0 aliphatic rings. The second-order valence-electron chi connectivity index (χ2n) is 3.33. The third-order valence-electron chi connectivity index (χ3n) is 2.00. The molecule has 0 heterocycles. The van der Waals surface area contributed by atoms with Crippen LogP contribution in [0.3, 0.4) is 0 Å². The zero-order chi connectivity index (χ0) is 10.5. The van der Waals surface area contributed by atoms with Crippen molar-refractivity contribution in [3.63, 3.8) is 0 Å². The second kappa shape index (κ2) is 5.57. The molecule has 0 amide bonds. The van der Waals surface area contributed by atoms with E-state index in [1.807, 2.05) is 19.0 Å². The van der Waals surface area contributed by atoms with Crippen molar-refractivity contribution in [2.24, 2.45) is 0 Å². The first-order chi connectivity index (χ1) is 5.87. The van der Waals surface area contributed by atoms with Gasteiger partial charge >= 0.3 is 0 Å². The van der Waals surface area contributed by atoms with Crippen LogP contribution in [0.5, 0.6) is 0 Å². The number of nitrogens with zero attached hydrogens (tertiary/aromatic N) is 1.